The van der Waals surface area contributed by atoms with Gasteiger partial charge in [-0.2, -0.15) is 0 Å². The Labute approximate surface area is 179 Å². The van der Waals surface area contributed by atoms with E-state index >= 15 is 0 Å². The number of halogens is 1. The number of methoxy groups -OCH3 is 1. The fourth-order valence-corrected chi connectivity index (χ4v) is 3.07. The zero-order valence-electron chi connectivity index (χ0n) is 16.2. The maximum Gasteiger partial charge on any atom is 0.258 e. The highest BCUT2D eigenvalue weighted by molar-refractivity contribution is 6.30. The summed E-state index contributed by atoms with van der Waals surface area (Å²) in [6.07, 6.45) is 0. The van der Waals surface area contributed by atoms with Crippen molar-refractivity contribution < 1.29 is 9.53 Å². The molecule has 0 unspecified atom stereocenters. The second kappa shape index (κ2) is 8.76. The predicted octanol–water partition coefficient (Wildman–Crippen LogP) is 5.72. The van der Waals surface area contributed by atoms with Gasteiger partial charge in [-0.25, -0.2) is 9.97 Å². The minimum Gasteiger partial charge on any atom is -0.497 e. The first kappa shape index (κ1) is 19.6. The summed E-state index contributed by atoms with van der Waals surface area (Å²) >= 11 is 6.02. The molecule has 1 amide bonds. The summed E-state index contributed by atoms with van der Waals surface area (Å²) in [5, 5.41) is 3.44. The molecular formula is C24H18ClN3O2. The molecule has 0 fully saturated rings. The highest BCUT2D eigenvalue weighted by Gasteiger charge is 2.12. The third-order valence-electron chi connectivity index (χ3n) is 4.51. The maximum atomic E-state index is 12.7. The molecule has 0 aliphatic carbocycles. The Hall–Kier alpha value is -3.70. The van der Waals surface area contributed by atoms with E-state index in [4.69, 9.17) is 16.3 Å². The van der Waals surface area contributed by atoms with Gasteiger partial charge in [0.05, 0.1) is 18.5 Å². The Bertz CT molecular complexity index is 1160. The molecule has 4 aromatic rings. The predicted molar refractivity (Wildman–Crippen MR) is 119 cm³/mol. The number of aromatic nitrogens is 2. The van der Waals surface area contributed by atoms with E-state index in [2.05, 4.69) is 15.3 Å². The van der Waals surface area contributed by atoms with Crippen molar-refractivity contribution in [3.63, 3.8) is 0 Å². The molecule has 0 aliphatic rings. The number of benzene rings is 3. The number of rotatable bonds is 5. The molecule has 0 bridgehead atoms. The zero-order chi connectivity index (χ0) is 20.9. The van der Waals surface area contributed by atoms with Crippen molar-refractivity contribution >= 4 is 23.5 Å². The lowest BCUT2D eigenvalue weighted by atomic mass is 10.1. The van der Waals surface area contributed by atoms with Crippen molar-refractivity contribution in [2.45, 2.75) is 0 Å². The summed E-state index contributed by atoms with van der Waals surface area (Å²) < 4.78 is 5.14. The molecule has 3 aromatic carbocycles. The molecule has 4 rings (SSSR count). The van der Waals surface area contributed by atoms with Gasteiger partial charge in [-0.3, -0.25) is 10.1 Å². The molecule has 6 heteroatoms. The van der Waals surface area contributed by atoms with Gasteiger partial charge in [0, 0.05) is 21.7 Å². The minimum absolute atomic E-state index is 0.224. The van der Waals surface area contributed by atoms with Crippen LogP contribution in [0.2, 0.25) is 5.02 Å². The van der Waals surface area contributed by atoms with Gasteiger partial charge < -0.3 is 4.74 Å². The third kappa shape index (κ3) is 4.47. The summed E-state index contributed by atoms with van der Waals surface area (Å²) in [5.41, 5.74) is 3.68. The number of anilines is 1. The Balaban J connectivity index is 1.71. The average molecular weight is 416 g/mol. The zero-order valence-corrected chi connectivity index (χ0v) is 16.9. The SMILES string of the molecule is COc1ccc(C(=O)Nc2nc(-c3ccccc3)cc(-c3ccc(Cl)cc3)n2)cc1. The summed E-state index contributed by atoms with van der Waals surface area (Å²) in [6.45, 7) is 0. The van der Waals surface area contributed by atoms with Crippen LogP contribution >= 0.6 is 11.6 Å². The lowest BCUT2D eigenvalue weighted by molar-refractivity contribution is 0.102. The number of ether oxygens (including phenoxy) is 1. The minimum atomic E-state index is -0.301. The highest BCUT2D eigenvalue weighted by atomic mass is 35.5. The molecule has 0 radical (unpaired) electrons. The van der Waals surface area contributed by atoms with Crippen molar-refractivity contribution in [1.82, 2.24) is 9.97 Å². The van der Waals surface area contributed by atoms with Gasteiger partial charge in [-0.05, 0) is 42.5 Å². The van der Waals surface area contributed by atoms with E-state index in [-0.39, 0.29) is 11.9 Å². The first-order valence-corrected chi connectivity index (χ1v) is 9.66. The number of amides is 1. The van der Waals surface area contributed by atoms with Gasteiger partial charge in [0.2, 0.25) is 5.95 Å². The number of hydrogen-bond donors (Lipinski definition) is 1. The lowest BCUT2D eigenvalue weighted by Crippen LogP contribution is -2.14. The molecule has 30 heavy (non-hydrogen) atoms. The summed E-state index contributed by atoms with van der Waals surface area (Å²) in [6, 6.07) is 25.8. The highest BCUT2D eigenvalue weighted by Crippen LogP contribution is 2.26. The van der Waals surface area contributed by atoms with E-state index in [1.54, 1.807) is 43.5 Å². The van der Waals surface area contributed by atoms with E-state index in [1.807, 2.05) is 48.5 Å². The fraction of sp³-hybridized carbons (Fsp3) is 0.0417. The standard InChI is InChI=1S/C24H18ClN3O2/c1-30-20-13-9-18(10-14-20)23(29)28-24-26-21(16-5-3-2-4-6-16)15-22(27-24)17-7-11-19(25)12-8-17/h2-15H,1H3,(H,26,27,28,29). The van der Waals surface area contributed by atoms with E-state index in [1.165, 1.54) is 0 Å². The third-order valence-corrected chi connectivity index (χ3v) is 4.77. The van der Waals surface area contributed by atoms with Crippen molar-refractivity contribution in [2.24, 2.45) is 0 Å². The summed E-state index contributed by atoms with van der Waals surface area (Å²) in [4.78, 5) is 21.8. The number of nitrogens with zero attached hydrogens (tertiary/aromatic N) is 2. The summed E-state index contributed by atoms with van der Waals surface area (Å²) in [5.74, 6) is 0.603. The molecule has 0 saturated heterocycles. The van der Waals surface area contributed by atoms with Crippen LogP contribution in [-0.2, 0) is 0 Å². The average Bonchev–Trinajstić information content (AvgIpc) is 2.80. The molecule has 0 spiro atoms. The number of nitrogens with one attached hydrogen (secondary N) is 1. The molecule has 0 saturated carbocycles. The fourth-order valence-electron chi connectivity index (χ4n) is 2.94. The Morgan fingerprint density at radius 3 is 2.03 bits per heavy atom. The van der Waals surface area contributed by atoms with Crippen LogP contribution in [0.1, 0.15) is 10.4 Å². The molecule has 0 atom stereocenters. The van der Waals surface area contributed by atoms with Gasteiger partial charge in [-0.15, -0.1) is 0 Å². The van der Waals surface area contributed by atoms with Crippen LogP contribution < -0.4 is 10.1 Å². The van der Waals surface area contributed by atoms with Gasteiger partial charge in [-0.1, -0.05) is 54.1 Å². The van der Waals surface area contributed by atoms with E-state index in [0.717, 1.165) is 11.1 Å². The van der Waals surface area contributed by atoms with Crippen LogP contribution in [0, 0.1) is 0 Å². The molecule has 0 aliphatic heterocycles. The van der Waals surface area contributed by atoms with Crippen molar-refractivity contribution in [3.8, 4) is 28.3 Å². The van der Waals surface area contributed by atoms with Crippen LogP contribution in [0.4, 0.5) is 5.95 Å². The number of carbonyl (C=O) groups excluding carboxylic acids is 1. The normalized spacial score (nSPS) is 10.5. The molecule has 148 valence electrons. The van der Waals surface area contributed by atoms with Crippen LogP contribution in [0.15, 0.2) is 84.9 Å². The lowest BCUT2D eigenvalue weighted by Gasteiger charge is -2.10. The summed E-state index contributed by atoms with van der Waals surface area (Å²) in [7, 11) is 1.58. The monoisotopic (exact) mass is 415 g/mol. The second-order valence-corrected chi connectivity index (χ2v) is 6.95. The van der Waals surface area contributed by atoms with Gasteiger partial charge in [0.1, 0.15) is 5.75 Å². The van der Waals surface area contributed by atoms with E-state index in [0.29, 0.717) is 27.7 Å². The Kier molecular flexibility index (Phi) is 5.72. The quantitative estimate of drug-likeness (QED) is 0.452. The maximum absolute atomic E-state index is 12.7. The molecule has 5 nitrogen and oxygen atoms in total. The van der Waals surface area contributed by atoms with Crippen LogP contribution in [0.25, 0.3) is 22.5 Å². The first-order valence-electron chi connectivity index (χ1n) is 9.28. The van der Waals surface area contributed by atoms with Gasteiger partial charge >= 0.3 is 0 Å². The van der Waals surface area contributed by atoms with Crippen LogP contribution in [0.3, 0.4) is 0 Å². The number of hydrogen-bond acceptors (Lipinski definition) is 4. The first-order chi connectivity index (χ1) is 14.6. The van der Waals surface area contributed by atoms with Gasteiger partial charge in [0.15, 0.2) is 0 Å². The smallest absolute Gasteiger partial charge is 0.258 e. The van der Waals surface area contributed by atoms with E-state index < -0.39 is 0 Å². The Morgan fingerprint density at radius 2 is 1.43 bits per heavy atom. The molecule has 1 heterocycles. The van der Waals surface area contributed by atoms with Crippen LogP contribution in [-0.4, -0.2) is 23.0 Å². The van der Waals surface area contributed by atoms with Crippen molar-refractivity contribution in [2.75, 3.05) is 12.4 Å². The molecular weight excluding hydrogens is 398 g/mol. The topological polar surface area (TPSA) is 64.1 Å². The van der Waals surface area contributed by atoms with Crippen molar-refractivity contribution in [3.05, 3.63) is 95.5 Å². The van der Waals surface area contributed by atoms with Crippen LogP contribution in [0.5, 0.6) is 5.75 Å². The van der Waals surface area contributed by atoms with Crippen molar-refractivity contribution in [1.29, 1.82) is 0 Å². The molecule has 1 N–H and O–H groups in total. The molecule has 1 aromatic heterocycles. The van der Waals surface area contributed by atoms with Gasteiger partial charge in [0.25, 0.3) is 5.91 Å². The van der Waals surface area contributed by atoms with E-state index in [9.17, 15) is 4.79 Å². The largest absolute Gasteiger partial charge is 0.497 e. The second-order valence-electron chi connectivity index (χ2n) is 6.52. The number of carbonyl (C=O) groups is 1. The Morgan fingerprint density at radius 1 is 0.833 bits per heavy atom.